The molecule has 0 saturated heterocycles. The van der Waals surface area contributed by atoms with E-state index in [4.69, 9.17) is 13.9 Å². The molecule has 0 fully saturated rings. The Labute approximate surface area is 145 Å². The molecule has 1 heterocycles. The highest BCUT2D eigenvalue weighted by Crippen LogP contribution is 2.50. The van der Waals surface area contributed by atoms with Crippen molar-refractivity contribution >= 4 is 11.0 Å². The Hall–Kier alpha value is -3.75. The highest BCUT2D eigenvalue weighted by molar-refractivity contribution is 5.89. The number of aromatic hydroxyl groups is 5. The van der Waals surface area contributed by atoms with E-state index in [0.717, 1.165) is 18.2 Å². The van der Waals surface area contributed by atoms with Crippen LogP contribution in [0.25, 0.3) is 22.3 Å². The summed E-state index contributed by atoms with van der Waals surface area (Å²) >= 11 is 0. The fourth-order valence-electron chi connectivity index (χ4n) is 2.63. The molecular formula is C17H14O9. The zero-order valence-electron chi connectivity index (χ0n) is 13.6. The van der Waals surface area contributed by atoms with E-state index in [0.29, 0.717) is 0 Å². The zero-order valence-corrected chi connectivity index (χ0v) is 13.6. The molecule has 0 saturated carbocycles. The molecule has 0 spiro atoms. The van der Waals surface area contributed by atoms with Crippen LogP contribution in [0.5, 0.6) is 40.2 Å². The van der Waals surface area contributed by atoms with Gasteiger partial charge in [0.1, 0.15) is 22.5 Å². The predicted molar refractivity (Wildman–Crippen MR) is 89.3 cm³/mol. The molecule has 0 atom stereocenters. The van der Waals surface area contributed by atoms with Crippen molar-refractivity contribution in [3.8, 4) is 51.6 Å². The first kappa shape index (κ1) is 17.1. The molecule has 0 aliphatic carbocycles. The topological polar surface area (TPSA) is 150 Å². The highest BCUT2D eigenvalue weighted by Gasteiger charge is 2.26. The van der Waals surface area contributed by atoms with Crippen LogP contribution in [0, 0.1) is 0 Å². The second-order valence-corrected chi connectivity index (χ2v) is 5.31. The normalized spacial score (nSPS) is 10.8. The highest BCUT2D eigenvalue weighted by atomic mass is 16.5. The Morgan fingerprint density at radius 3 is 2.12 bits per heavy atom. The molecular weight excluding hydrogens is 348 g/mol. The number of phenolic OH excluding ortho intramolecular Hbond substituents is 5. The number of hydrogen-bond donors (Lipinski definition) is 5. The number of ether oxygens (including phenoxy) is 2. The molecule has 136 valence electrons. The number of fused-ring (bicyclic) bond motifs is 1. The summed E-state index contributed by atoms with van der Waals surface area (Å²) in [6.07, 6.45) is 0. The van der Waals surface area contributed by atoms with E-state index >= 15 is 0 Å². The van der Waals surface area contributed by atoms with E-state index in [1.165, 1.54) is 14.2 Å². The third kappa shape index (κ3) is 2.37. The van der Waals surface area contributed by atoms with Gasteiger partial charge >= 0.3 is 0 Å². The van der Waals surface area contributed by atoms with Crippen LogP contribution in [0.3, 0.4) is 0 Å². The second-order valence-electron chi connectivity index (χ2n) is 5.31. The first-order valence-corrected chi connectivity index (χ1v) is 7.19. The molecule has 3 aromatic rings. The van der Waals surface area contributed by atoms with E-state index in [1.54, 1.807) is 0 Å². The lowest BCUT2D eigenvalue weighted by Crippen LogP contribution is -2.08. The largest absolute Gasteiger partial charge is 0.508 e. The van der Waals surface area contributed by atoms with Gasteiger partial charge in [-0.1, -0.05) is 0 Å². The fourth-order valence-corrected chi connectivity index (χ4v) is 2.63. The SMILES string of the molecule is COc1c(O)cc(-c2oc3cc(O)cc(O)c3c(=O)c2OC)c(O)c1O. The molecule has 5 N–H and O–H groups in total. The van der Waals surface area contributed by atoms with E-state index < -0.39 is 34.2 Å². The van der Waals surface area contributed by atoms with Gasteiger partial charge in [0, 0.05) is 12.1 Å². The van der Waals surface area contributed by atoms with Crippen LogP contribution in [0.2, 0.25) is 0 Å². The van der Waals surface area contributed by atoms with E-state index in [9.17, 15) is 30.3 Å². The van der Waals surface area contributed by atoms with Gasteiger partial charge < -0.3 is 39.4 Å². The van der Waals surface area contributed by atoms with Gasteiger partial charge in [0.2, 0.25) is 22.7 Å². The van der Waals surface area contributed by atoms with Crippen molar-refractivity contribution in [3.05, 3.63) is 28.4 Å². The molecule has 0 amide bonds. The van der Waals surface area contributed by atoms with Gasteiger partial charge in [0.25, 0.3) is 0 Å². The summed E-state index contributed by atoms with van der Waals surface area (Å²) in [4.78, 5) is 12.6. The van der Waals surface area contributed by atoms with Gasteiger partial charge in [-0.25, -0.2) is 0 Å². The summed E-state index contributed by atoms with van der Waals surface area (Å²) < 4.78 is 15.3. The van der Waals surface area contributed by atoms with Gasteiger partial charge in [-0.15, -0.1) is 0 Å². The smallest absolute Gasteiger partial charge is 0.239 e. The van der Waals surface area contributed by atoms with Crippen molar-refractivity contribution in [1.82, 2.24) is 0 Å². The Bertz CT molecular complexity index is 1080. The fraction of sp³-hybridized carbons (Fsp3) is 0.118. The molecule has 0 bridgehead atoms. The molecule has 1 aromatic heterocycles. The van der Waals surface area contributed by atoms with Crippen LogP contribution in [0.15, 0.2) is 27.4 Å². The molecule has 26 heavy (non-hydrogen) atoms. The first-order valence-electron chi connectivity index (χ1n) is 7.19. The second kappa shape index (κ2) is 5.96. The zero-order chi connectivity index (χ0) is 19.2. The van der Waals surface area contributed by atoms with Crippen LogP contribution >= 0.6 is 0 Å². The van der Waals surface area contributed by atoms with E-state index in [1.807, 2.05) is 0 Å². The average molecular weight is 362 g/mol. The van der Waals surface area contributed by atoms with Gasteiger partial charge in [-0.05, 0) is 6.07 Å². The third-order valence-corrected chi connectivity index (χ3v) is 3.78. The molecule has 0 radical (unpaired) electrons. The Morgan fingerprint density at radius 2 is 1.50 bits per heavy atom. The van der Waals surface area contributed by atoms with Gasteiger partial charge in [0.05, 0.1) is 19.8 Å². The van der Waals surface area contributed by atoms with Crippen molar-refractivity contribution in [1.29, 1.82) is 0 Å². The van der Waals surface area contributed by atoms with Crippen molar-refractivity contribution in [2.24, 2.45) is 0 Å². The average Bonchev–Trinajstić information content (AvgIpc) is 2.57. The number of hydrogen-bond acceptors (Lipinski definition) is 9. The molecule has 0 aliphatic heterocycles. The minimum Gasteiger partial charge on any atom is -0.508 e. The number of benzene rings is 2. The molecule has 3 rings (SSSR count). The number of phenols is 5. The summed E-state index contributed by atoms with van der Waals surface area (Å²) in [7, 11) is 2.34. The van der Waals surface area contributed by atoms with Crippen LogP contribution < -0.4 is 14.9 Å². The summed E-state index contributed by atoms with van der Waals surface area (Å²) in [5.74, 6) is -4.01. The predicted octanol–water partition coefficient (Wildman–Crippen LogP) is 2.01. The van der Waals surface area contributed by atoms with E-state index in [-0.39, 0.29) is 33.8 Å². The van der Waals surface area contributed by atoms with Crippen molar-refractivity contribution in [2.45, 2.75) is 0 Å². The Morgan fingerprint density at radius 1 is 0.846 bits per heavy atom. The summed E-state index contributed by atoms with van der Waals surface area (Å²) in [6.45, 7) is 0. The lowest BCUT2D eigenvalue weighted by Gasteiger charge is -2.14. The maximum atomic E-state index is 12.6. The van der Waals surface area contributed by atoms with Crippen molar-refractivity contribution in [3.63, 3.8) is 0 Å². The molecule has 0 unspecified atom stereocenters. The van der Waals surface area contributed by atoms with Crippen molar-refractivity contribution in [2.75, 3.05) is 14.2 Å². The van der Waals surface area contributed by atoms with Crippen LogP contribution in [0.4, 0.5) is 0 Å². The lowest BCUT2D eigenvalue weighted by atomic mass is 10.1. The number of methoxy groups -OCH3 is 2. The van der Waals surface area contributed by atoms with Gasteiger partial charge in [-0.2, -0.15) is 0 Å². The summed E-state index contributed by atoms with van der Waals surface area (Å²) in [6, 6.07) is 3.05. The quantitative estimate of drug-likeness (QED) is 0.348. The third-order valence-electron chi connectivity index (χ3n) is 3.78. The molecule has 9 nitrogen and oxygen atoms in total. The van der Waals surface area contributed by atoms with Gasteiger partial charge in [-0.3, -0.25) is 4.79 Å². The minimum atomic E-state index is -0.782. The molecule has 2 aromatic carbocycles. The van der Waals surface area contributed by atoms with Crippen LogP contribution in [-0.4, -0.2) is 39.8 Å². The number of rotatable bonds is 3. The summed E-state index contributed by atoms with van der Waals surface area (Å²) in [5.41, 5.74) is -1.24. The first-order chi connectivity index (χ1) is 12.3. The monoisotopic (exact) mass is 362 g/mol. The molecule has 9 heteroatoms. The standard InChI is InChI=1S/C17H14O9/c1-24-16-9(20)5-7(12(21)14(16)23)15-17(25-2)13(22)11-8(19)3-6(18)4-10(11)26-15/h3-5,18-21,23H,1-2H3. The van der Waals surface area contributed by atoms with E-state index in [2.05, 4.69) is 0 Å². The Balaban J connectivity index is 2.45. The lowest BCUT2D eigenvalue weighted by molar-refractivity contribution is 0.329. The molecule has 0 aliphatic rings. The maximum Gasteiger partial charge on any atom is 0.239 e. The summed E-state index contributed by atoms with van der Waals surface area (Å²) in [5, 5.41) is 49.4. The van der Waals surface area contributed by atoms with Gasteiger partial charge in [0.15, 0.2) is 17.3 Å². The Kier molecular flexibility index (Phi) is 3.91. The van der Waals surface area contributed by atoms with Crippen molar-refractivity contribution < 1.29 is 39.4 Å². The van der Waals surface area contributed by atoms with Crippen LogP contribution in [-0.2, 0) is 0 Å². The maximum absolute atomic E-state index is 12.6. The van der Waals surface area contributed by atoms with Crippen LogP contribution in [0.1, 0.15) is 0 Å². The minimum absolute atomic E-state index is 0.197.